The Hall–Kier alpha value is -2.01. The lowest BCUT2D eigenvalue weighted by atomic mass is 9.92. The molecule has 0 aliphatic carbocycles. The standard InChI is InChI=1S/C16H14BrNO3/c1-11(16(19)12-5-3-2-4-6-12)9-13-7-8-14(17)10-15(13)18(20)21/h2-8,10-11H,9H2,1H3. The Bertz CT molecular complexity index is 670. The summed E-state index contributed by atoms with van der Waals surface area (Å²) in [6.45, 7) is 1.79. The van der Waals surface area contributed by atoms with Crippen molar-refractivity contribution in [2.24, 2.45) is 5.92 Å². The van der Waals surface area contributed by atoms with Gasteiger partial charge in [-0.05, 0) is 12.5 Å². The summed E-state index contributed by atoms with van der Waals surface area (Å²) in [5.74, 6) is -0.319. The van der Waals surface area contributed by atoms with E-state index in [4.69, 9.17) is 0 Å². The molecule has 4 nitrogen and oxygen atoms in total. The van der Waals surface area contributed by atoms with Gasteiger partial charge in [0, 0.05) is 27.6 Å². The highest BCUT2D eigenvalue weighted by molar-refractivity contribution is 9.10. The van der Waals surface area contributed by atoms with Gasteiger partial charge in [-0.3, -0.25) is 14.9 Å². The van der Waals surface area contributed by atoms with Gasteiger partial charge in [-0.25, -0.2) is 0 Å². The van der Waals surface area contributed by atoms with Gasteiger partial charge >= 0.3 is 0 Å². The smallest absolute Gasteiger partial charge is 0.273 e. The Morgan fingerprint density at radius 1 is 1.24 bits per heavy atom. The van der Waals surface area contributed by atoms with Crippen LogP contribution in [0.15, 0.2) is 53.0 Å². The van der Waals surface area contributed by atoms with Crippen molar-refractivity contribution in [3.05, 3.63) is 74.2 Å². The number of nitro benzene ring substituents is 1. The predicted octanol–water partition coefficient (Wildman–Crippen LogP) is 4.42. The fourth-order valence-electron chi connectivity index (χ4n) is 2.19. The number of hydrogen-bond donors (Lipinski definition) is 0. The van der Waals surface area contributed by atoms with Crippen LogP contribution in [0.4, 0.5) is 5.69 Å². The van der Waals surface area contributed by atoms with Gasteiger partial charge in [-0.1, -0.05) is 59.3 Å². The van der Waals surface area contributed by atoms with Crippen molar-refractivity contribution in [3.63, 3.8) is 0 Å². The Morgan fingerprint density at radius 2 is 1.90 bits per heavy atom. The molecule has 0 bridgehead atoms. The van der Waals surface area contributed by atoms with Gasteiger partial charge in [0.25, 0.3) is 5.69 Å². The second-order valence-corrected chi connectivity index (χ2v) is 5.78. The molecule has 0 aliphatic heterocycles. The Labute approximate surface area is 131 Å². The summed E-state index contributed by atoms with van der Waals surface area (Å²) >= 11 is 3.23. The molecule has 0 aliphatic rings. The molecule has 0 aromatic heterocycles. The van der Waals surface area contributed by atoms with Crippen molar-refractivity contribution in [1.29, 1.82) is 0 Å². The summed E-state index contributed by atoms with van der Waals surface area (Å²) in [6, 6.07) is 13.9. The minimum Gasteiger partial charge on any atom is -0.294 e. The number of nitro groups is 1. The average Bonchev–Trinajstić information content (AvgIpc) is 2.49. The quantitative estimate of drug-likeness (QED) is 0.457. The van der Waals surface area contributed by atoms with Gasteiger partial charge in [-0.15, -0.1) is 0 Å². The molecule has 0 heterocycles. The summed E-state index contributed by atoms with van der Waals surface area (Å²) in [7, 11) is 0. The monoisotopic (exact) mass is 347 g/mol. The summed E-state index contributed by atoms with van der Waals surface area (Å²) in [6.07, 6.45) is 0.345. The number of carbonyl (C=O) groups is 1. The van der Waals surface area contributed by atoms with Crippen molar-refractivity contribution in [3.8, 4) is 0 Å². The fraction of sp³-hybridized carbons (Fsp3) is 0.188. The first-order chi connectivity index (χ1) is 9.99. The van der Waals surface area contributed by atoms with E-state index in [9.17, 15) is 14.9 Å². The van der Waals surface area contributed by atoms with Crippen LogP contribution < -0.4 is 0 Å². The van der Waals surface area contributed by atoms with Crippen LogP contribution in [-0.4, -0.2) is 10.7 Å². The first kappa shape index (κ1) is 15.4. The van der Waals surface area contributed by atoms with Crippen LogP contribution in [0.25, 0.3) is 0 Å². The largest absolute Gasteiger partial charge is 0.294 e. The highest BCUT2D eigenvalue weighted by Crippen LogP contribution is 2.26. The van der Waals surface area contributed by atoms with Crippen LogP contribution in [0.3, 0.4) is 0 Å². The number of hydrogen-bond acceptors (Lipinski definition) is 3. The van der Waals surface area contributed by atoms with Crippen molar-refractivity contribution >= 4 is 27.4 Å². The molecule has 108 valence electrons. The minimum absolute atomic E-state index is 0.00665. The van der Waals surface area contributed by atoms with Crippen LogP contribution in [0.5, 0.6) is 0 Å². The number of carbonyl (C=O) groups excluding carboxylic acids is 1. The fourth-order valence-corrected chi connectivity index (χ4v) is 2.54. The SMILES string of the molecule is CC(Cc1ccc(Br)cc1[N+](=O)[O-])C(=O)c1ccccc1. The maximum absolute atomic E-state index is 12.3. The maximum atomic E-state index is 12.3. The highest BCUT2D eigenvalue weighted by Gasteiger charge is 2.21. The van der Waals surface area contributed by atoms with E-state index in [2.05, 4.69) is 15.9 Å². The lowest BCUT2D eigenvalue weighted by Crippen LogP contribution is -2.14. The zero-order valence-electron chi connectivity index (χ0n) is 11.5. The van der Waals surface area contributed by atoms with Gasteiger partial charge in [0.05, 0.1) is 4.92 Å². The Kier molecular flexibility index (Phi) is 4.85. The van der Waals surface area contributed by atoms with Crippen LogP contribution in [0.2, 0.25) is 0 Å². The predicted molar refractivity (Wildman–Crippen MR) is 84.4 cm³/mol. The Morgan fingerprint density at radius 3 is 2.52 bits per heavy atom. The lowest BCUT2D eigenvalue weighted by Gasteiger charge is -2.11. The number of halogens is 1. The van der Waals surface area contributed by atoms with Crippen LogP contribution >= 0.6 is 15.9 Å². The lowest BCUT2D eigenvalue weighted by molar-refractivity contribution is -0.385. The summed E-state index contributed by atoms with van der Waals surface area (Å²) in [5.41, 5.74) is 1.24. The van der Waals surface area contributed by atoms with Crippen LogP contribution in [-0.2, 0) is 6.42 Å². The number of nitrogens with zero attached hydrogens (tertiary/aromatic N) is 1. The van der Waals surface area contributed by atoms with E-state index in [1.165, 1.54) is 6.07 Å². The minimum atomic E-state index is -0.417. The van der Waals surface area contributed by atoms with Gasteiger partial charge in [0.1, 0.15) is 0 Å². The normalized spacial score (nSPS) is 11.9. The molecule has 2 aromatic carbocycles. The third-order valence-corrected chi connectivity index (χ3v) is 3.77. The van der Waals surface area contributed by atoms with Crippen LogP contribution in [0, 0.1) is 16.0 Å². The third kappa shape index (κ3) is 3.76. The molecule has 2 aromatic rings. The molecule has 0 spiro atoms. The molecule has 0 saturated carbocycles. The number of ketones is 1. The molecule has 21 heavy (non-hydrogen) atoms. The first-order valence-corrected chi connectivity index (χ1v) is 7.30. The molecule has 0 amide bonds. The molecule has 1 atom stereocenters. The third-order valence-electron chi connectivity index (χ3n) is 3.28. The molecule has 0 N–H and O–H groups in total. The van der Waals surface area contributed by atoms with E-state index in [0.29, 0.717) is 22.0 Å². The molecule has 5 heteroatoms. The number of Topliss-reactive ketones (excluding diaryl/α,β-unsaturated/α-hetero) is 1. The molecule has 0 saturated heterocycles. The highest BCUT2D eigenvalue weighted by atomic mass is 79.9. The molecular formula is C16H14BrNO3. The molecular weight excluding hydrogens is 334 g/mol. The first-order valence-electron chi connectivity index (χ1n) is 6.51. The van der Waals surface area contributed by atoms with Crippen molar-refractivity contribution in [2.75, 3.05) is 0 Å². The van der Waals surface area contributed by atoms with E-state index in [1.54, 1.807) is 31.2 Å². The average molecular weight is 348 g/mol. The second-order valence-electron chi connectivity index (χ2n) is 4.87. The topological polar surface area (TPSA) is 60.2 Å². The van der Waals surface area contributed by atoms with Crippen LogP contribution in [0.1, 0.15) is 22.8 Å². The Balaban J connectivity index is 2.22. The van der Waals surface area contributed by atoms with E-state index in [0.717, 1.165) is 0 Å². The van der Waals surface area contributed by atoms with E-state index in [1.807, 2.05) is 18.2 Å². The molecule has 2 rings (SSSR count). The van der Waals surface area contributed by atoms with E-state index in [-0.39, 0.29) is 17.4 Å². The molecule has 0 fully saturated rings. The van der Waals surface area contributed by atoms with Crippen molar-refractivity contribution < 1.29 is 9.72 Å². The maximum Gasteiger partial charge on any atom is 0.273 e. The summed E-state index contributed by atoms with van der Waals surface area (Å²) in [5, 5.41) is 11.1. The van der Waals surface area contributed by atoms with Gasteiger partial charge in [0.15, 0.2) is 5.78 Å². The molecule has 1 unspecified atom stereocenters. The van der Waals surface area contributed by atoms with E-state index >= 15 is 0 Å². The van der Waals surface area contributed by atoms with Gasteiger partial charge in [0.2, 0.25) is 0 Å². The van der Waals surface area contributed by atoms with Crippen molar-refractivity contribution in [2.45, 2.75) is 13.3 Å². The summed E-state index contributed by atoms with van der Waals surface area (Å²) in [4.78, 5) is 23.0. The zero-order valence-corrected chi connectivity index (χ0v) is 13.0. The summed E-state index contributed by atoms with van der Waals surface area (Å²) < 4.78 is 0.653. The number of rotatable bonds is 5. The zero-order chi connectivity index (χ0) is 15.4. The second kappa shape index (κ2) is 6.63. The van der Waals surface area contributed by atoms with E-state index < -0.39 is 4.92 Å². The molecule has 0 radical (unpaired) electrons. The van der Waals surface area contributed by atoms with Crippen molar-refractivity contribution in [1.82, 2.24) is 0 Å². The van der Waals surface area contributed by atoms with Gasteiger partial charge in [-0.2, -0.15) is 0 Å². The van der Waals surface area contributed by atoms with Gasteiger partial charge < -0.3 is 0 Å². The number of benzene rings is 2.